The van der Waals surface area contributed by atoms with Gasteiger partial charge in [-0.2, -0.15) is 5.10 Å². The van der Waals surface area contributed by atoms with Crippen LogP contribution in [0, 0.1) is 0 Å². The van der Waals surface area contributed by atoms with Crippen molar-refractivity contribution >= 4 is 0 Å². The minimum Gasteiger partial charge on any atom is -0.312 e. The van der Waals surface area contributed by atoms with Crippen molar-refractivity contribution in [3.8, 4) is 0 Å². The summed E-state index contributed by atoms with van der Waals surface area (Å²) in [6, 6.07) is 0. The molecule has 0 aliphatic carbocycles. The van der Waals surface area contributed by atoms with Crippen LogP contribution in [0.4, 0.5) is 8.78 Å². The van der Waals surface area contributed by atoms with Crippen LogP contribution in [0.15, 0.2) is 0 Å². The zero-order chi connectivity index (χ0) is 8.55. The van der Waals surface area contributed by atoms with Gasteiger partial charge < -0.3 is 5.32 Å². The van der Waals surface area contributed by atoms with E-state index < -0.39 is 6.43 Å². The summed E-state index contributed by atoms with van der Waals surface area (Å²) in [5, 5.41) is 9.25. The zero-order valence-corrected chi connectivity index (χ0v) is 6.40. The van der Waals surface area contributed by atoms with Crippen molar-refractivity contribution in [3.63, 3.8) is 0 Å². The van der Waals surface area contributed by atoms with Gasteiger partial charge >= 0.3 is 0 Å². The summed E-state index contributed by atoms with van der Waals surface area (Å²) in [5.74, 6) is 0. The van der Waals surface area contributed by atoms with Gasteiger partial charge in [-0.25, -0.2) is 8.78 Å². The molecular formula is C7H9F2N3. The highest BCUT2D eigenvalue weighted by atomic mass is 19.3. The first kappa shape index (κ1) is 7.67. The van der Waals surface area contributed by atoms with E-state index in [1.807, 2.05) is 0 Å². The first-order valence-corrected chi connectivity index (χ1v) is 3.84. The standard InChI is InChI=1S/C7H9F2N3/c8-7(9)6-4-3-10-2-1-5(4)11-12-6/h7,10H,1-3H2,(H,11,12). The Hall–Kier alpha value is -0.970. The Morgan fingerprint density at radius 3 is 3.00 bits per heavy atom. The highest BCUT2D eigenvalue weighted by molar-refractivity contribution is 5.28. The van der Waals surface area contributed by atoms with Crippen LogP contribution in [0.5, 0.6) is 0 Å². The van der Waals surface area contributed by atoms with Crippen molar-refractivity contribution in [3.05, 3.63) is 17.0 Å². The van der Waals surface area contributed by atoms with Gasteiger partial charge in [-0.05, 0) is 0 Å². The fourth-order valence-electron chi connectivity index (χ4n) is 1.43. The van der Waals surface area contributed by atoms with Gasteiger partial charge in [0.15, 0.2) is 0 Å². The van der Waals surface area contributed by atoms with E-state index in [1.165, 1.54) is 0 Å². The Kier molecular flexibility index (Phi) is 1.80. The van der Waals surface area contributed by atoms with E-state index in [9.17, 15) is 8.78 Å². The molecule has 2 rings (SSSR count). The molecule has 2 N–H and O–H groups in total. The van der Waals surface area contributed by atoms with Gasteiger partial charge in [0.2, 0.25) is 0 Å². The molecule has 1 aromatic rings. The SMILES string of the molecule is FC(F)c1n[nH]c2c1CNCC2. The first-order valence-electron chi connectivity index (χ1n) is 3.84. The molecule has 3 nitrogen and oxygen atoms in total. The van der Waals surface area contributed by atoms with Crippen LogP contribution in [0.3, 0.4) is 0 Å². The van der Waals surface area contributed by atoms with Crippen molar-refractivity contribution < 1.29 is 8.78 Å². The van der Waals surface area contributed by atoms with E-state index in [1.54, 1.807) is 0 Å². The molecule has 0 atom stereocenters. The topological polar surface area (TPSA) is 40.7 Å². The van der Waals surface area contributed by atoms with Crippen molar-refractivity contribution in [1.29, 1.82) is 0 Å². The van der Waals surface area contributed by atoms with Gasteiger partial charge in [-0.1, -0.05) is 0 Å². The maximum Gasteiger partial charge on any atom is 0.282 e. The summed E-state index contributed by atoms with van der Waals surface area (Å²) >= 11 is 0. The summed E-state index contributed by atoms with van der Waals surface area (Å²) < 4.78 is 24.6. The van der Waals surface area contributed by atoms with Crippen LogP contribution in [0.1, 0.15) is 23.4 Å². The third kappa shape index (κ3) is 1.10. The zero-order valence-electron chi connectivity index (χ0n) is 6.40. The van der Waals surface area contributed by atoms with Crippen LogP contribution in [-0.4, -0.2) is 16.7 Å². The van der Waals surface area contributed by atoms with Crippen molar-refractivity contribution in [2.75, 3.05) is 6.54 Å². The lowest BCUT2D eigenvalue weighted by molar-refractivity contribution is 0.144. The Bertz CT molecular complexity index is 282. The number of H-pyrrole nitrogens is 1. The summed E-state index contributed by atoms with van der Waals surface area (Å²) in [5.41, 5.74) is 1.40. The molecule has 0 fully saturated rings. The predicted molar refractivity (Wildman–Crippen MR) is 39.0 cm³/mol. The summed E-state index contributed by atoms with van der Waals surface area (Å²) in [7, 11) is 0. The molecule has 0 unspecified atom stereocenters. The molecule has 1 aliphatic rings. The summed E-state index contributed by atoms with van der Waals surface area (Å²) in [6.07, 6.45) is -1.71. The van der Waals surface area contributed by atoms with Gasteiger partial charge in [-0.3, -0.25) is 5.10 Å². The second kappa shape index (κ2) is 2.82. The Morgan fingerprint density at radius 1 is 1.42 bits per heavy atom. The number of halogens is 2. The number of nitrogens with zero attached hydrogens (tertiary/aromatic N) is 1. The highest BCUT2D eigenvalue weighted by Gasteiger charge is 2.21. The fourth-order valence-corrected chi connectivity index (χ4v) is 1.43. The number of fused-ring (bicyclic) bond motifs is 1. The molecule has 0 saturated carbocycles. The number of alkyl halides is 2. The smallest absolute Gasteiger partial charge is 0.282 e. The van der Waals surface area contributed by atoms with Gasteiger partial charge in [0.25, 0.3) is 6.43 Å². The predicted octanol–water partition coefficient (Wildman–Crippen LogP) is 0.993. The van der Waals surface area contributed by atoms with E-state index in [0.29, 0.717) is 12.1 Å². The number of hydrogen-bond donors (Lipinski definition) is 2. The Balaban J connectivity index is 2.38. The van der Waals surface area contributed by atoms with E-state index in [-0.39, 0.29) is 5.69 Å². The average molecular weight is 173 g/mol. The lowest BCUT2D eigenvalue weighted by Gasteiger charge is -2.12. The van der Waals surface area contributed by atoms with E-state index in [0.717, 1.165) is 18.7 Å². The number of rotatable bonds is 1. The van der Waals surface area contributed by atoms with E-state index in [2.05, 4.69) is 15.5 Å². The molecule has 1 aliphatic heterocycles. The third-order valence-corrected chi connectivity index (χ3v) is 2.05. The third-order valence-electron chi connectivity index (χ3n) is 2.05. The number of nitrogens with one attached hydrogen (secondary N) is 2. The molecule has 12 heavy (non-hydrogen) atoms. The quantitative estimate of drug-likeness (QED) is 0.665. The van der Waals surface area contributed by atoms with Crippen molar-refractivity contribution in [1.82, 2.24) is 15.5 Å². The highest BCUT2D eigenvalue weighted by Crippen LogP contribution is 2.24. The van der Waals surface area contributed by atoms with Crippen LogP contribution in [0.2, 0.25) is 0 Å². The molecule has 0 amide bonds. The van der Waals surface area contributed by atoms with Crippen LogP contribution >= 0.6 is 0 Å². The minimum absolute atomic E-state index is 0.0998. The maximum atomic E-state index is 12.3. The first-order chi connectivity index (χ1) is 5.79. The van der Waals surface area contributed by atoms with Crippen LogP contribution in [0.25, 0.3) is 0 Å². The van der Waals surface area contributed by atoms with Crippen LogP contribution < -0.4 is 5.32 Å². The van der Waals surface area contributed by atoms with Crippen LogP contribution in [-0.2, 0) is 13.0 Å². The lowest BCUT2D eigenvalue weighted by Crippen LogP contribution is -2.23. The number of hydrogen-bond acceptors (Lipinski definition) is 2. The molecule has 0 spiro atoms. The van der Waals surface area contributed by atoms with Gasteiger partial charge in [-0.15, -0.1) is 0 Å². The molecule has 5 heteroatoms. The normalized spacial score (nSPS) is 16.6. The number of aromatic nitrogens is 2. The molecular weight excluding hydrogens is 164 g/mol. The van der Waals surface area contributed by atoms with E-state index >= 15 is 0 Å². The second-order valence-corrected chi connectivity index (χ2v) is 2.79. The van der Waals surface area contributed by atoms with Gasteiger partial charge in [0, 0.05) is 30.8 Å². The van der Waals surface area contributed by atoms with Gasteiger partial charge in [0.1, 0.15) is 5.69 Å². The lowest BCUT2D eigenvalue weighted by atomic mass is 10.1. The molecule has 0 saturated heterocycles. The molecule has 66 valence electrons. The van der Waals surface area contributed by atoms with E-state index in [4.69, 9.17) is 0 Å². The van der Waals surface area contributed by atoms with Crippen molar-refractivity contribution in [2.45, 2.75) is 19.4 Å². The molecule has 2 heterocycles. The molecule has 0 aromatic carbocycles. The van der Waals surface area contributed by atoms with Gasteiger partial charge in [0.05, 0.1) is 0 Å². The Morgan fingerprint density at radius 2 is 2.25 bits per heavy atom. The number of aromatic amines is 1. The molecule has 1 aromatic heterocycles. The second-order valence-electron chi connectivity index (χ2n) is 2.79. The summed E-state index contributed by atoms with van der Waals surface area (Å²) in [6.45, 7) is 1.34. The molecule has 0 radical (unpaired) electrons. The average Bonchev–Trinajstić information content (AvgIpc) is 2.47. The van der Waals surface area contributed by atoms with Crippen molar-refractivity contribution in [2.24, 2.45) is 0 Å². The summed E-state index contributed by atoms with van der Waals surface area (Å²) in [4.78, 5) is 0. The Labute approximate surface area is 68.2 Å². The maximum absolute atomic E-state index is 12.3. The largest absolute Gasteiger partial charge is 0.312 e. The monoisotopic (exact) mass is 173 g/mol. The minimum atomic E-state index is -2.47. The molecule has 0 bridgehead atoms. The fraction of sp³-hybridized carbons (Fsp3) is 0.571.